The number of aliphatic carboxylic acids is 1. The Morgan fingerprint density at radius 1 is 1.65 bits per heavy atom. The lowest BCUT2D eigenvalue weighted by molar-refractivity contribution is -0.136. The molecule has 1 atom stereocenters. The maximum atomic E-state index is 10.5. The van der Waals surface area contributed by atoms with Crippen LogP contribution in [0.1, 0.15) is 18.4 Å². The number of carbonyl (C=O) groups is 1. The van der Waals surface area contributed by atoms with Crippen molar-refractivity contribution < 1.29 is 9.90 Å². The summed E-state index contributed by atoms with van der Waals surface area (Å²) in [6.45, 7) is 4.80. The van der Waals surface area contributed by atoms with Crippen LogP contribution in [0.2, 0.25) is 0 Å². The van der Waals surface area contributed by atoms with Crippen molar-refractivity contribution in [2.75, 3.05) is 31.1 Å². The van der Waals surface area contributed by atoms with Crippen LogP contribution in [-0.2, 0) is 4.79 Å². The maximum absolute atomic E-state index is 10.5. The lowest BCUT2D eigenvalue weighted by Gasteiger charge is -2.34. The van der Waals surface area contributed by atoms with Crippen molar-refractivity contribution in [2.24, 2.45) is 5.92 Å². The van der Waals surface area contributed by atoms with Crippen molar-refractivity contribution in [1.82, 2.24) is 10.3 Å². The molecule has 6 heteroatoms. The van der Waals surface area contributed by atoms with Gasteiger partial charge in [0, 0.05) is 30.3 Å². The Bertz CT molecular complexity index is 481. The van der Waals surface area contributed by atoms with E-state index < -0.39 is 5.97 Å². The molecule has 0 aromatic carbocycles. The molecular weight excluding hydrogens is 322 g/mol. The van der Waals surface area contributed by atoms with Gasteiger partial charge >= 0.3 is 5.97 Å². The number of nitrogens with zero attached hydrogens (tertiary/aromatic N) is 2. The molecule has 1 unspecified atom stereocenters. The predicted octanol–water partition coefficient (Wildman–Crippen LogP) is 2.04. The lowest BCUT2D eigenvalue weighted by atomic mass is 9.97. The van der Waals surface area contributed by atoms with Crippen LogP contribution in [0.3, 0.4) is 0 Å². The van der Waals surface area contributed by atoms with Gasteiger partial charge in [-0.05, 0) is 53.2 Å². The second kappa shape index (κ2) is 7.04. The SMILES string of the molecule is Cc1cc(Br)cnc1N1CCCC(CNCC(=O)O)C1. The van der Waals surface area contributed by atoms with Gasteiger partial charge in [-0.25, -0.2) is 4.98 Å². The zero-order valence-electron chi connectivity index (χ0n) is 11.6. The van der Waals surface area contributed by atoms with Crippen molar-refractivity contribution in [1.29, 1.82) is 0 Å². The molecule has 5 nitrogen and oxygen atoms in total. The summed E-state index contributed by atoms with van der Waals surface area (Å²) in [5, 5.41) is 11.6. The second-order valence-electron chi connectivity index (χ2n) is 5.27. The van der Waals surface area contributed by atoms with Crippen LogP contribution in [0.25, 0.3) is 0 Å². The smallest absolute Gasteiger partial charge is 0.317 e. The fourth-order valence-electron chi connectivity index (χ4n) is 2.67. The van der Waals surface area contributed by atoms with Crippen LogP contribution < -0.4 is 10.2 Å². The minimum Gasteiger partial charge on any atom is -0.480 e. The number of halogens is 1. The Balaban J connectivity index is 1.94. The van der Waals surface area contributed by atoms with E-state index in [-0.39, 0.29) is 6.54 Å². The quantitative estimate of drug-likeness (QED) is 0.857. The summed E-state index contributed by atoms with van der Waals surface area (Å²) in [5.74, 6) is 0.715. The summed E-state index contributed by atoms with van der Waals surface area (Å²) >= 11 is 3.43. The molecule has 1 aromatic rings. The molecule has 1 aliphatic heterocycles. The van der Waals surface area contributed by atoms with Gasteiger partial charge in [0.15, 0.2) is 0 Å². The number of anilines is 1. The van der Waals surface area contributed by atoms with Crippen molar-refractivity contribution in [3.05, 3.63) is 22.3 Å². The Kier molecular flexibility index (Phi) is 5.37. The van der Waals surface area contributed by atoms with E-state index in [1.54, 1.807) is 0 Å². The number of carboxylic acids is 1. The van der Waals surface area contributed by atoms with Gasteiger partial charge in [0.05, 0.1) is 6.54 Å². The minimum atomic E-state index is -0.803. The first-order valence-corrected chi connectivity index (χ1v) is 7.65. The Morgan fingerprint density at radius 2 is 2.45 bits per heavy atom. The first-order chi connectivity index (χ1) is 9.56. The molecule has 1 fully saturated rings. The summed E-state index contributed by atoms with van der Waals surface area (Å²) in [6, 6.07) is 2.08. The van der Waals surface area contributed by atoms with Crippen molar-refractivity contribution >= 4 is 27.7 Å². The lowest BCUT2D eigenvalue weighted by Crippen LogP contribution is -2.41. The van der Waals surface area contributed by atoms with Crippen LogP contribution >= 0.6 is 15.9 Å². The summed E-state index contributed by atoms with van der Waals surface area (Å²) in [6.07, 6.45) is 4.09. The van der Waals surface area contributed by atoms with Gasteiger partial charge in [-0.15, -0.1) is 0 Å². The molecule has 110 valence electrons. The molecule has 1 aromatic heterocycles. The highest BCUT2D eigenvalue weighted by molar-refractivity contribution is 9.10. The van der Waals surface area contributed by atoms with E-state index in [2.05, 4.69) is 44.1 Å². The Labute approximate surface area is 127 Å². The van der Waals surface area contributed by atoms with Gasteiger partial charge in [0.1, 0.15) is 5.82 Å². The molecule has 20 heavy (non-hydrogen) atoms. The third-order valence-electron chi connectivity index (χ3n) is 3.55. The van der Waals surface area contributed by atoms with E-state index in [4.69, 9.17) is 5.11 Å². The topological polar surface area (TPSA) is 65.5 Å². The third-order valence-corrected chi connectivity index (χ3v) is 3.98. The number of aromatic nitrogens is 1. The van der Waals surface area contributed by atoms with Gasteiger partial charge in [0.2, 0.25) is 0 Å². The molecule has 0 radical (unpaired) electrons. The summed E-state index contributed by atoms with van der Waals surface area (Å²) < 4.78 is 0.996. The van der Waals surface area contributed by atoms with Gasteiger partial charge < -0.3 is 15.3 Å². The summed E-state index contributed by atoms with van der Waals surface area (Å²) in [5.41, 5.74) is 1.17. The van der Waals surface area contributed by atoms with Crippen molar-refractivity contribution in [3.8, 4) is 0 Å². The van der Waals surface area contributed by atoms with Gasteiger partial charge in [-0.2, -0.15) is 0 Å². The molecule has 1 saturated heterocycles. The fraction of sp³-hybridized carbons (Fsp3) is 0.571. The zero-order chi connectivity index (χ0) is 14.5. The van der Waals surface area contributed by atoms with E-state index in [0.29, 0.717) is 5.92 Å². The average molecular weight is 342 g/mol. The highest BCUT2D eigenvalue weighted by Crippen LogP contribution is 2.25. The molecule has 0 amide bonds. The van der Waals surface area contributed by atoms with Crippen LogP contribution in [-0.4, -0.2) is 42.2 Å². The number of rotatable bonds is 5. The number of nitrogens with one attached hydrogen (secondary N) is 1. The predicted molar refractivity (Wildman–Crippen MR) is 82.1 cm³/mol. The van der Waals surface area contributed by atoms with E-state index in [0.717, 1.165) is 42.8 Å². The maximum Gasteiger partial charge on any atom is 0.317 e. The standard InChI is InChI=1S/C14H20BrN3O2/c1-10-5-12(15)7-17-14(10)18-4-2-3-11(9-18)6-16-8-13(19)20/h5,7,11,16H,2-4,6,8-9H2,1H3,(H,19,20). The Morgan fingerprint density at radius 3 is 3.15 bits per heavy atom. The van der Waals surface area contributed by atoms with Gasteiger partial charge in [-0.3, -0.25) is 4.79 Å². The molecule has 0 spiro atoms. The number of aryl methyl sites for hydroxylation is 1. The van der Waals surface area contributed by atoms with E-state index in [1.807, 2.05) is 6.20 Å². The molecule has 2 N–H and O–H groups in total. The molecule has 0 bridgehead atoms. The average Bonchev–Trinajstić information content (AvgIpc) is 2.38. The first kappa shape index (κ1) is 15.3. The number of hydrogen-bond donors (Lipinski definition) is 2. The van der Waals surface area contributed by atoms with Crippen molar-refractivity contribution in [2.45, 2.75) is 19.8 Å². The fourth-order valence-corrected chi connectivity index (χ4v) is 3.12. The normalized spacial score (nSPS) is 19.1. The monoisotopic (exact) mass is 341 g/mol. The summed E-state index contributed by atoms with van der Waals surface area (Å²) in [4.78, 5) is 17.3. The van der Waals surface area contributed by atoms with Crippen LogP contribution in [0.5, 0.6) is 0 Å². The molecular formula is C14H20BrN3O2. The van der Waals surface area contributed by atoms with E-state index in [9.17, 15) is 4.79 Å². The second-order valence-corrected chi connectivity index (χ2v) is 6.19. The number of carboxylic acid groups (broad SMARTS) is 1. The van der Waals surface area contributed by atoms with Crippen LogP contribution in [0.15, 0.2) is 16.7 Å². The molecule has 2 heterocycles. The van der Waals surface area contributed by atoms with E-state index >= 15 is 0 Å². The van der Waals surface area contributed by atoms with E-state index in [1.165, 1.54) is 5.56 Å². The van der Waals surface area contributed by atoms with Crippen LogP contribution in [0.4, 0.5) is 5.82 Å². The zero-order valence-corrected chi connectivity index (χ0v) is 13.2. The molecule has 0 saturated carbocycles. The number of pyridine rings is 1. The highest BCUT2D eigenvalue weighted by atomic mass is 79.9. The first-order valence-electron chi connectivity index (χ1n) is 6.86. The molecule has 1 aliphatic rings. The van der Waals surface area contributed by atoms with Crippen LogP contribution in [0, 0.1) is 12.8 Å². The number of piperidine rings is 1. The van der Waals surface area contributed by atoms with Crippen molar-refractivity contribution in [3.63, 3.8) is 0 Å². The highest BCUT2D eigenvalue weighted by Gasteiger charge is 2.21. The molecule has 2 rings (SSSR count). The number of hydrogen-bond acceptors (Lipinski definition) is 4. The third kappa shape index (κ3) is 4.18. The molecule has 0 aliphatic carbocycles. The Hall–Kier alpha value is -1.14. The largest absolute Gasteiger partial charge is 0.480 e. The van der Waals surface area contributed by atoms with Gasteiger partial charge in [-0.1, -0.05) is 0 Å². The van der Waals surface area contributed by atoms with Gasteiger partial charge in [0.25, 0.3) is 0 Å². The summed E-state index contributed by atoms with van der Waals surface area (Å²) in [7, 11) is 0. The minimum absolute atomic E-state index is 0.0338.